The number of carboxylic acids is 4. The second-order valence-electron chi connectivity index (χ2n) is 3.91. The number of carboxylic acid groups (broad SMARTS) is 4. The molecule has 0 heterocycles. The molecule has 2 N–H and O–H groups in total. The summed E-state index contributed by atoms with van der Waals surface area (Å²) >= 11 is 0. The van der Waals surface area contributed by atoms with Gasteiger partial charge in [0.2, 0.25) is 0 Å². The Hall–Kier alpha value is 0.682. The first kappa shape index (κ1) is 35.7. The third-order valence-electron chi connectivity index (χ3n) is 2.14. The molecule has 0 spiro atoms. The van der Waals surface area contributed by atoms with Gasteiger partial charge in [-0.25, -0.2) is 0 Å². The van der Waals surface area contributed by atoms with Crippen molar-refractivity contribution in [3.63, 3.8) is 0 Å². The van der Waals surface area contributed by atoms with Gasteiger partial charge in [0.05, 0.1) is 23.9 Å². The van der Waals surface area contributed by atoms with Gasteiger partial charge in [0.25, 0.3) is 0 Å². The molecule has 0 aromatic rings. The van der Waals surface area contributed by atoms with Gasteiger partial charge in [-0.15, -0.1) is 0 Å². The average molecular weight is 559 g/mol. The second kappa shape index (κ2) is 20.0. The van der Waals surface area contributed by atoms with E-state index >= 15 is 0 Å². The van der Waals surface area contributed by atoms with E-state index in [9.17, 15) is 39.6 Å². The molecule has 2 radical (unpaired) electrons. The summed E-state index contributed by atoms with van der Waals surface area (Å²) in [4.78, 5) is 43.4. The number of aliphatic carboxylic acids is 4. The SMILES string of the molecule is O.O=C([O-])CN(CCN(CC(=O)[O-])CC(=O)[O-])CC(=O)[O-].[Na+].[Na+].[Pb+2]. The Morgan fingerprint density at radius 2 is 0.750 bits per heavy atom. The maximum absolute atomic E-state index is 10.4. The summed E-state index contributed by atoms with van der Waals surface area (Å²) in [5.41, 5.74) is 0. The van der Waals surface area contributed by atoms with Crippen molar-refractivity contribution in [2.75, 3.05) is 39.3 Å². The Balaban J connectivity index is -0.000000301. The van der Waals surface area contributed by atoms with Crippen molar-refractivity contribution in [1.29, 1.82) is 0 Å². The Labute approximate surface area is 202 Å². The summed E-state index contributed by atoms with van der Waals surface area (Å²) in [6, 6.07) is 0. The standard InChI is InChI=1S/C10H16N2O8.2Na.H2O.Pb/c13-7(14)3-11(4-8(15)16)1-2-12(5-9(17)18)6-10(19)20;;;;/h1-6H2,(H,13,14)(H,15,16)(H,17,18)(H,19,20);;;1H2;/q;2*+1;;+2/p-4. The molecule has 0 saturated heterocycles. The molecule has 0 amide bonds. The smallest absolute Gasteiger partial charge is 0.549 e. The van der Waals surface area contributed by atoms with E-state index in [1.54, 1.807) is 0 Å². The first-order valence-electron chi connectivity index (χ1n) is 5.44. The van der Waals surface area contributed by atoms with Crippen LogP contribution in [0.2, 0.25) is 0 Å². The molecule has 0 saturated carbocycles. The molecular weight excluding hydrogens is 545 g/mol. The van der Waals surface area contributed by atoms with E-state index in [4.69, 9.17) is 0 Å². The van der Waals surface area contributed by atoms with E-state index in [0.29, 0.717) is 0 Å². The van der Waals surface area contributed by atoms with Crippen molar-refractivity contribution in [3.8, 4) is 0 Å². The monoisotopic (exact) mass is 560 g/mol. The molecule has 0 aromatic heterocycles. The van der Waals surface area contributed by atoms with E-state index in [1.807, 2.05) is 0 Å². The van der Waals surface area contributed by atoms with Crippen LogP contribution in [0, 0.1) is 0 Å². The molecule has 124 valence electrons. The normalized spacial score (nSPS) is 8.92. The molecule has 0 aliphatic heterocycles. The third kappa shape index (κ3) is 22.7. The number of carbonyl (C=O) groups is 4. The molecule has 0 aromatic carbocycles. The van der Waals surface area contributed by atoms with Gasteiger partial charge in [-0.3, -0.25) is 9.80 Å². The van der Waals surface area contributed by atoms with Gasteiger partial charge in [0, 0.05) is 39.3 Å². The molecule has 0 aliphatic rings. The van der Waals surface area contributed by atoms with Crippen LogP contribution in [0.25, 0.3) is 0 Å². The van der Waals surface area contributed by atoms with Gasteiger partial charge in [0.15, 0.2) is 0 Å². The fourth-order valence-electron chi connectivity index (χ4n) is 1.44. The summed E-state index contributed by atoms with van der Waals surface area (Å²) < 4.78 is 0. The maximum atomic E-state index is 10.4. The van der Waals surface area contributed by atoms with Crippen LogP contribution in [0.15, 0.2) is 0 Å². The Bertz CT molecular complexity index is 333. The van der Waals surface area contributed by atoms with Crippen molar-refractivity contribution in [3.05, 3.63) is 0 Å². The summed E-state index contributed by atoms with van der Waals surface area (Å²) in [6.45, 7) is -3.25. The van der Waals surface area contributed by atoms with Crippen LogP contribution < -0.4 is 79.5 Å². The predicted octanol–water partition coefficient (Wildman–Crippen LogP) is -14.6. The molecule has 0 fully saturated rings. The van der Waals surface area contributed by atoms with Gasteiger partial charge in [0.1, 0.15) is 0 Å². The zero-order valence-electron chi connectivity index (χ0n) is 13.4. The van der Waals surface area contributed by atoms with Crippen LogP contribution in [-0.2, 0) is 19.2 Å². The minimum atomic E-state index is -1.53. The van der Waals surface area contributed by atoms with Crippen LogP contribution >= 0.6 is 0 Å². The molecule has 0 atom stereocenters. The molecule has 11 nitrogen and oxygen atoms in total. The Morgan fingerprint density at radius 1 is 0.583 bits per heavy atom. The summed E-state index contributed by atoms with van der Waals surface area (Å²) in [6.07, 6.45) is 0. The van der Waals surface area contributed by atoms with Crippen molar-refractivity contribution >= 4 is 51.2 Å². The molecule has 0 rings (SSSR count). The van der Waals surface area contributed by atoms with Crippen LogP contribution in [0.5, 0.6) is 0 Å². The van der Waals surface area contributed by atoms with Gasteiger partial charge >= 0.3 is 86.4 Å². The fourth-order valence-corrected chi connectivity index (χ4v) is 1.44. The average Bonchev–Trinajstić information content (AvgIpc) is 2.22. The summed E-state index contributed by atoms with van der Waals surface area (Å²) in [7, 11) is 0. The molecule has 24 heavy (non-hydrogen) atoms. The zero-order chi connectivity index (χ0) is 15.7. The second-order valence-corrected chi connectivity index (χ2v) is 3.91. The summed E-state index contributed by atoms with van der Waals surface area (Å²) in [5, 5.41) is 41.6. The first-order chi connectivity index (χ1) is 9.20. The fraction of sp³-hybridized carbons (Fsp3) is 0.600. The quantitative estimate of drug-likeness (QED) is 0.219. The third-order valence-corrected chi connectivity index (χ3v) is 2.14. The largest absolute Gasteiger partial charge is 2.00 e. The van der Waals surface area contributed by atoms with E-state index in [2.05, 4.69) is 0 Å². The number of nitrogens with zero attached hydrogens (tertiary/aromatic N) is 2. The molecule has 14 heteroatoms. The van der Waals surface area contributed by atoms with Crippen LogP contribution in [0.3, 0.4) is 0 Å². The number of hydrogen-bond acceptors (Lipinski definition) is 10. The van der Waals surface area contributed by atoms with Gasteiger partial charge in [-0.1, -0.05) is 0 Å². The Kier molecular flexibility index (Phi) is 29.8. The van der Waals surface area contributed by atoms with E-state index in [0.717, 1.165) is 9.80 Å². The van der Waals surface area contributed by atoms with E-state index in [-0.39, 0.29) is 105 Å². The number of hydrogen-bond donors (Lipinski definition) is 0. The molecular formula is C10H14N2Na2O9Pb. The summed E-state index contributed by atoms with van der Waals surface area (Å²) in [5.74, 6) is -6.12. The predicted molar refractivity (Wildman–Crippen MR) is 62.3 cm³/mol. The van der Waals surface area contributed by atoms with E-state index in [1.165, 1.54) is 0 Å². The number of rotatable bonds is 11. The van der Waals surface area contributed by atoms with Crippen LogP contribution in [0.4, 0.5) is 0 Å². The Morgan fingerprint density at radius 3 is 0.875 bits per heavy atom. The van der Waals surface area contributed by atoms with E-state index < -0.39 is 50.1 Å². The van der Waals surface area contributed by atoms with Crippen LogP contribution in [-0.4, -0.2) is 106 Å². The minimum absolute atomic E-state index is 0. The van der Waals surface area contributed by atoms with Gasteiger partial charge in [-0.2, -0.15) is 0 Å². The zero-order valence-corrected chi connectivity index (χ0v) is 21.3. The first-order valence-corrected chi connectivity index (χ1v) is 5.44. The van der Waals surface area contributed by atoms with Crippen molar-refractivity contribution in [2.45, 2.75) is 0 Å². The maximum Gasteiger partial charge on any atom is 2.00 e. The van der Waals surface area contributed by atoms with Crippen LogP contribution in [0.1, 0.15) is 0 Å². The molecule has 0 unspecified atom stereocenters. The van der Waals surface area contributed by atoms with Gasteiger partial charge in [-0.05, 0) is 0 Å². The number of carbonyl (C=O) groups excluding carboxylic acids is 4. The molecule has 0 aliphatic carbocycles. The van der Waals surface area contributed by atoms with Crippen molar-refractivity contribution in [1.82, 2.24) is 9.80 Å². The van der Waals surface area contributed by atoms with Crippen molar-refractivity contribution in [2.24, 2.45) is 0 Å². The minimum Gasteiger partial charge on any atom is -0.549 e. The molecule has 0 bridgehead atoms. The van der Waals surface area contributed by atoms with Crippen molar-refractivity contribution < 1.29 is 104 Å². The topological polar surface area (TPSA) is 198 Å². The van der Waals surface area contributed by atoms with Gasteiger partial charge < -0.3 is 45.1 Å².